The number of nitrogens with zero attached hydrogens (tertiary/aromatic N) is 2. The van der Waals surface area contributed by atoms with E-state index in [1.165, 1.54) is 0 Å². The molecule has 0 amide bonds. The summed E-state index contributed by atoms with van der Waals surface area (Å²) in [7, 11) is 1.93. The third-order valence-corrected chi connectivity index (χ3v) is 4.89. The number of pyridine rings is 2. The highest BCUT2D eigenvalue weighted by Crippen LogP contribution is 2.19. The third kappa shape index (κ3) is 17.4. The summed E-state index contributed by atoms with van der Waals surface area (Å²) in [5.41, 5.74) is 0. The highest BCUT2D eigenvalue weighted by Gasteiger charge is 2.37. The van der Waals surface area contributed by atoms with Gasteiger partial charge in [0, 0.05) is 16.7 Å². The molecule has 0 aromatic carbocycles. The molecule has 2 heterocycles. The van der Waals surface area contributed by atoms with Crippen molar-refractivity contribution in [2.24, 2.45) is 0 Å². The smallest absolute Gasteiger partial charge is 0.335 e. The Morgan fingerprint density at radius 3 is 1.66 bits per heavy atom. The lowest BCUT2D eigenvalue weighted by atomic mass is 10.0. The fraction of sp³-hybridized carbons (Fsp3) is 0.538. The second kappa shape index (κ2) is 20.7. The zero-order valence-electron chi connectivity index (χ0n) is 23.5. The van der Waals surface area contributed by atoms with Gasteiger partial charge in [-0.25, -0.2) is 9.59 Å². The lowest BCUT2D eigenvalue weighted by Crippen LogP contribution is -2.49. The number of carbonyl (C=O) groups is 2. The summed E-state index contributed by atoms with van der Waals surface area (Å²) in [5, 5.41) is 54.5. The Kier molecular flexibility index (Phi) is 19.2. The zero-order valence-corrected chi connectivity index (χ0v) is 25.1. The van der Waals surface area contributed by atoms with Crippen LogP contribution in [0.25, 0.3) is 0 Å². The van der Waals surface area contributed by atoms with Gasteiger partial charge in [0.25, 0.3) is 0 Å². The highest BCUT2D eigenvalue weighted by molar-refractivity contribution is 9.10. The molecule has 7 N–H and O–H groups in total. The van der Waals surface area contributed by atoms with Crippen LogP contribution in [0.4, 0.5) is 0 Å². The molecule has 2 rings (SSSR count). The minimum absolute atomic E-state index is 0.154. The van der Waals surface area contributed by atoms with Crippen LogP contribution in [0.3, 0.4) is 0 Å². The zero-order chi connectivity index (χ0) is 31.5. The summed E-state index contributed by atoms with van der Waals surface area (Å²) in [6.45, 7) is 9.59. The number of carboxylic acid groups (broad SMARTS) is 2. The van der Waals surface area contributed by atoms with E-state index in [2.05, 4.69) is 31.2 Å². The molecular formula is C26H40BrN3O11. The number of rotatable bonds is 14. The molecule has 0 unspecified atom stereocenters. The number of nitrogens with one attached hydrogen (secondary N) is 1. The van der Waals surface area contributed by atoms with Crippen molar-refractivity contribution in [2.75, 3.05) is 20.2 Å². The maximum absolute atomic E-state index is 10.1. The summed E-state index contributed by atoms with van der Waals surface area (Å²) < 4.78 is 17.4. The third-order valence-electron chi connectivity index (χ3n) is 4.45. The predicted octanol–water partition coefficient (Wildman–Crippen LogP) is 1.09. The van der Waals surface area contributed by atoms with E-state index in [1.807, 2.05) is 46.9 Å². The van der Waals surface area contributed by atoms with Gasteiger partial charge >= 0.3 is 11.9 Å². The van der Waals surface area contributed by atoms with Gasteiger partial charge in [0.05, 0.1) is 37.4 Å². The van der Waals surface area contributed by atoms with Crippen LogP contribution in [-0.2, 0) is 9.59 Å². The van der Waals surface area contributed by atoms with Crippen LogP contribution in [0.5, 0.6) is 17.2 Å². The second-order valence-corrected chi connectivity index (χ2v) is 9.80. The van der Waals surface area contributed by atoms with Gasteiger partial charge in [-0.05, 0) is 69.7 Å². The number of aliphatic carboxylic acids is 2. The number of ether oxygens (including phenoxy) is 3. The first-order chi connectivity index (χ1) is 19.2. The highest BCUT2D eigenvalue weighted by atomic mass is 79.9. The van der Waals surface area contributed by atoms with E-state index in [4.69, 9.17) is 44.8 Å². The number of halogens is 1. The average Bonchev–Trinajstić information content (AvgIpc) is 2.89. The van der Waals surface area contributed by atoms with Crippen molar-refractivity contribution < 1.29 is 54.4 Å². The van der Waals surface area contributed by atoms with E-state index in [-0.39, 0.29) is 12.2 Å². The quantitative estimate of drug-likeness (QED) is 0.142. The average molecular weight is 651 g/mol. The van der Waals surface area contributed by atoms with Crippen molar-refractivity contribution in [3.05, 3.63) is 41.4 Å². The van der Waals surface area contributed by atoms with E-state index in [9.17, 15) is 9.59 Å². The van der Waals surface area contributed by atoms with Gasteiger partial charge in [-0.2, -0.15) is 0 Å². The molecule has 0 spiro atoms. The Bertz CT molecular complexity index is 1010. The fourth-order valence-electron chi connectivity index (χ4n) is 2.65. The molecular weight excluding hydrogens is 610 g/mol. The predicted molar refractivity (Wildman–Crippen MR) is 151 cm³/mol. The Hall–Kier alpha value is -3.08. The van der Waals surface area contributed by atoms with Crippen LogP contribution >= 0.6 is 15.9 Å². The lowest BCUT2D eigenvalue weighted by molar-refractivity contribution is -0.172. The Morgan fingerprint density at radius 1 is 0.805 bits per heavy atom. The van der Waals surface area contributed by atoms with Crippen LogP contribution < -0.4 is 19.5 Å². The molecule has 232 valence electrons. The van der Waals surface area contributed by atoms with Crippen molar-refractivity contribution in [2.45, 2.75) is 70.7 Å². The number of aliphatic hydroxyl groups excluding tert-OH is 4. The van der Waals surface area contributed by atoms with Gasteiger partial charge < -0.3 is 50.2 Å². The number of aromatic nitrogens is 2. The first kappa shape index (κ1) is 37.9. The van der Waals surface area contributed by atoms with Crippen molar-refractivity contribution in [1.82, 2.24) is 15.3 Å². The van der Waals surface area contributed by atoms with Crippen LogP contribution in [0.1, 0.15) is 34.1 Å². The van der Waals surface area contributed by atoms with Gasteiger partial charge in [-0.15, -0.1) is 0 Å². The van der Waals surface area contributed by atoms with E-state index in [0.29, 0.717) is 6.61 Å². The second-order valence-electron chi connectivity index (χ2n) is 8.88. The van der Waals surface area contributed by atoms with E-state index < -0.39 is 36.4 Å². The molecule has 0 aliphatic carbocycles. The first-order valence-electron chi connectivity index (χ1n) is 12.5. The molecule has 0 saturated carbocycles. The van der Waals surface area contributed by atoms with Gasteiger partial charge in [-0.1, -0.05) is 0 Å². The molecule has 14 nitrogen and oxygen atoms in total. The van der Waals surface area contributed by atoms with Gasteiger partial charge in [0.15, 0.2) is 12.2 Å². The van der Waals surface area contributed by atoms with Gasteiger partial charge in [-0.3, -0.25) is 9.97 Å². The monoisotopic (exact) mass is 649 g/mol. The Labute approximate surface area is 247 Å². The van der Waals surface area contributed by atoms with E-state index in [1.54, 1.807) is 24.8 Å². The molecule has 2 aromatic rings. The SMILES string of the molecule is CC(C)Oc1cncc(Br)c1.CNCCCOc1cncc(OC(C)C)c1.O=C(O)[C@@H](O)[C@H](O)[C@H](O)[C@@H](O)C(=O)O. The summed E-state index contributed by atoms with van der Waals surface area (Å²) in [5.74, 6) is -1.37. The maximum Gasteiger partial charge on any atom is 0.335 e. The molecule has 0 radical (unpaired) electrons. The molecule has 0 fully saturated rings. The maximum atomic E-state index is 10.1. The molecule has 41 heavy (non-hydrogen) atoms. The summed E-state index contributed by atoms with van der Waals surface area (Å²) in [6, 6.07) is 3.76. The topological polar surface area (TPSA) is 221 Å². The number of hydrogen-bond acceptors (Lipinski definition) is 12. The molecule has 0 aliphatic rings. The van der Waals surface area contributed by atoms with E-state index in [0.717, 1.165) is 34.7 Å². The largest absolute Gasteiger partial charge is 0.492 e. The number of hydrogen-bond donors (Lipinski definition) is 7. The molecule has 0 aliphatic heterocycles. The fourth-order valence-corrected chi connectivity index (χ4v) is 2.99. The molecule has 15 heteroatoms. The van der Waals surface area contributed by atoms with E-state index >= 15 is 0 Å². The Morgan fingerprint density at radius 2 is 1.24 bits per heavy atom. The lowest BCUT2D eigenvalue weighted by Gasteiger charge is -2.21. The van der Waals surface area contributed by atoms with Crippen molar-refractivity contribution in [1.29, 1.82) is 0 Å². The summed E-state index contributed by atoms with van der Waals surface area (Å²) >= 11 is 3.31. The minimum Gasteiger partial charge on any atom is -0.492 e. The Balaban J connectivity index is 0.000000595. The first-order valence-corrected chi connectivity index (χ1v) is 13.3. The molecule has 2 aromatic heterocycles. The molecule has 0 saturated heterocycles. The van der Waals surface area contributed by atoms with Crippen LogP contribution in [0, 0.1) is 0 Å². The van der Waals surface area contributed by atoms with Crippen molar-refractivity contribution in [3.63, 3.8) is 0 Å². The summed E-state index contributed by atoms with van der Waals surface area (Å²) in [4.78, 5) is 28.2. The van der Waals surface area contributed by atoms with Crippen molar-refractivity contribution in [3.8, 4) is 17.2 Å². The molecule has 4 atom stereocenters. The van der Waals surface area contributed by atoms with Gasteiger partial charge in [0.2, 0.25) is 0 Å². The van der Waals surface area contributed by atoms with Crippen LogP contribution in [0.15, 0.2) is 41.4 Å². The minimum atomic E-state index is -2.36. The van der Waals surface area contributed by atoms with Crippen LogP contribution in [-0.4, -0.2) is 109 Å². The van der Waals surface area contributed by atoms with Crippen molar-refractivity contribution >= 4 is 27.9 Å². The van der Waals surface area contributed by atoms with Crippen LogP contribution in [0.2, 0.25) is 0 Å². The number of aliphatic hydroxyl groups is 4. The summed E-state index contributed by atoms with van der Waals surface area (Å²) in [6.07, 6.45) is -1.13. The normalized spacial score (nSPS) is 13.5. The number of carboxylic acids is 2. The standard InChI is InChI=1S/C12H20N2O2.C8H10BrNO.C6H10O8/c1-10(2)16-12-7-11(8-14-9-12)15-6-4-5-13-3;1-6(2)11-8-3-7(9)4-10-5-8;7-1(3(9)5(11)12)2(8)4(10)6(13)14/h7-10,13H,4-6H2,1-3H3;3-6H,1-2H3;1-4,7-10H,(H,11,12)(H,13,14)/t;;1-,2+,3+,4-. The van der Waals surface area contributed by atoms with Gasteiger partial charge in [0.1, 0.15) is 29.5 Å². The molecule has 0 bridgehead atoms.